The summed E-state index contributed by atoms with van der Waals surface area (Å²) in [5, 5.41) is 4.19. The molecule has 0 spiro atoms. The highest BCUT2D eigenvalue weighted by atomic mass is 127. The molecule has 0 saturated carbocycles. The van der Waals surface area contributed by atoms with Crippen molar-refractivity contribution in [2.24, 2.45) is 5.10 Å². The molecule has 0 aliphatic carbocycles. The van der Waals surface area contributed by atoms with Crippen LogP contribution in [0.4, 0.5) is 5.69 Å². The number of carbonyl (C=O) groups excluding carboxylic acids is 1. The summed E-state index contributed by atoms with van der Waals surface area (Å²) in [7, 11) is 2.17. The number of hydrogen-bond acceptors (Lipinski definition) is 3. The molecule has 2 aromatic rings. The number of hydrazone groups is 1. The highest BCUT2D eigenvalue weighted by molar-refractivity contribution is 14.1. The Morgan fingerprint density at radius 2 is 2.07 bits per heavy atom. The predicted octanol–water partition coefficient (Wildman–Crippen LogP) is 5.09. The molecule has 5 heteroatoms. The van der Waals surface area contributed by atoms with E-state index in [2.05, 4.69) is 84.9 Å². The van der Waals surface area contributed by atoms with Crippen LogP contribution in [0.1, 0.15) is 60.2 Å². The summed E-state index contributed by atoms with van der Waals surface area (Å²) in [6.45, 7) is 8.95. The molecule has 1 amide bonds. The number of nitrogens with one attached hydrogen (secondary N) is 1. The average molecular weight is 475 g/mol. The first-order valence-electron chi connectivity index (χ1n) is 9.16. The number of nitrogens with zero attached hydrogens (tertiary/aromatic N) is 2. The lowest BCUT2D eigenvalue weighted by Crippen LogP contribution is -2.45. The summed E-state index contributed by atoms with van der Waals surface area (Å²) in [5.41, 5.74) is 8.21. The largest absolute Gasteiger partial charge is 0.369 e. The van der Waals surface area contributed by atoms with Crippen LogP contribution >= 0.6 is 22.6 Å². The van der Waals surface area contributed by atoms with E-state index in [0.717, 1.165) is 21.1 Å². The van der Waals surface area contributed by atoms with Crippen LogP contribution in [0.3, 0.4) is 0 Å². The number of aryl methyl sites for hydroxylation is 1. The summed E-state index contributed by atoms with van der Waals surface area (Å²) >= 11 is 2.19. The van der Waals surface area contributed by atoms with Gasteiger partial charge in [0.1, 0.15) is 0 Å². The van der Waals surface area contributed by atoms with Gasteiger partial charge in [-0.3, -0.25) is 4.79 Å². The van der Waals surface area contributed by atoms with Crippen LogP contribution in [0.5, 0.6) is 0 Å². The van der Waals surface area contributed by atoms with Crippen LogP contribution in [-0.2, 0) is 0 Å². The van der Waals surface area contributed by atoms with Gasteiger partial charge in [-0.2, -0.15) is 5.10 Å². The highest BCUT2D eigenvalue weighted by Gasteiger charge is 2.34. The van der Waals surface area contributed by atoms with Crippen molar-refractivity contribution < 1.29 is 4.79 Å². The van der Waals surface area contributed by atoms with Gasteiger partial charge in [0.05, 0.1) is 6.21 Å². The fourth-order valence-corrected chi connectivity index (χ4v) is 4.27. The SMILES string of the molecule is Cc1cc2c(cc1/C=N/NC(=O)c1cccc(I)c1)C(C)CC(C)(C)N2C. The normalized spacial score (nSPS) is 18.4. The maximum Gasteiger partial charge on any atom is 0.271 e. The third-order valence-corrected chi connectivity index (χ3v) is 6.15. The number of fused-ring (bicyclic) bond motifs is 1. The fraction of sp³-hybridized carbons (Fsp3) is 0.364. The molecule has 0 fully saturated rings. The van der Waals surface area contributed by atoms with Crippen molar-refractivity contribution in [2.45, 2.75) is 45.6 Å². The molecule has 2 aromatic carbocycles. The Hall–Kier alpha value is -1.89. The second-order valence-electron chi connectivity index (χ2n) is 7.95. The smallest absolute Gasteiger partial charge is 0.271 e. The number of hydrogen-bond donors (Lipinski definition) is 1. The Bertz CT molecular complexity index is 904. The highest BCUT2D eigenvalue weighted by Crippen LogP contribution is 2.43. The standard InChI is InChI=1S/C22H26IN3O/c1-14-9-20-19(15(2)12-22(3,4)26(20)5)11-17(14)13-24-25-21(27)16-7-6-8-18(23)10-16/h6-11,13,15H,12H2,1-5H3,(H,25,27)/b24-13+. The minimum absolute atomic E-state index is 0.148. The fourth-order valence-electron chi connectivity index (χ4n) is 3.73. The van der Waals surface area contributed by atoms with Crippen molar-refractivity contribution in [3.63, 3.8) is 0 Å². The van der Waals surface area contributed by atoms with Gasteiger partial charge in [0.2, 0.25) is 0 Å². The quantitative estimate of drug-likeness (QED) is 0.382. The first-order chi connectivity index (χ1) is 12.7. The zero-order valence-corrected chi connectivity index (χ0v) is 18.7. The lowest BCUT2D eigenvalue weighted by molar-refractivity contribution is 0.0955. The van der Waals surface area contributed by atoms with Crippen molar-refractivity contribution in [2.75, 3.05) is 11.9 Å². The number of carbonyl (C=O) groups is 1. The molecular weight excluding hydrogens is 449 g/mol. The van der Waals surface area contributed by atoms with Crippen LogP contribution in [0.2, 0.25) is 0 Å². The molecule has 1 unspecified atom stereocenters. The second kappa shape index (κ2) is 7.62. The van der Waals surface area contributed by atoms with Crippen molar-refractivity contribution in [1.29, 1.82) is 0 Å². The van der Waals surface area contributed by atoms with Crippen LogP contribution < -0.4 is 10.3 Å². The van der Waals surface area contributed by atoms with E-state index >= 15 is 0 Å². The Morgan fingerprint density at radius 1 is 1.33 bits per heavy atom. The monoisotopic (exact) mass is 475 g/mol. The number of benzene rings is 2. The van der Waals surface area contributed by atoms with Gasteiger partial charge in [0, 0.05) is 27.4 Å². The van der Waals surface area contributed by atoms with Gasteiger partial charge in [-0.25, -0.2) is 5.43 Å². The first kappa shape index (κ1) is 19.9. The summed E-state index contributed by atoms with van der Waals surface area (Å²) in [5.74, 6) is 0.287. The predicted molar refractivity (Wildman–Crippen MR) is 121 cm³/mol. The van der Waals surface area contributed by atoms with Gasteiger partial charge in [-0.05, 0) is 103 Å². The molecule has 4 nitrogen and oxygen atoms in total. The third-order valence-electron chi connectivity index (χ3n) is 5.48. The van der Waals surface area contributed by atoms with E-state index < -0.39 is 0 Å². The number of amides is 1. The molecule has 1 heterocycles. The van der Waals surface area contributed by atoms with Gasteiger partial charge < -0.3 is 4.90 Å². The Morgan fingerprint density at radius 3 is 2.78 bits per heavy atom. The van der Waals surface area contributed by atoms with E-state index in [1.165, 1.54) is 11.3 Å². The molecular formula is C22H26IN3O. The molecule has 1 aliphatic heterocycles. The molecule has 1 aliphatic rings. The molecule has 27 heavy (non-hydrogen) atoms. The van der Waals surface area contributed by atoms with Gasteiger partial charge in [0.25, 0.3) is 5.91 Å². The maximum atomic E-state index is 12.2. The summed E-state index contributed by atoms with van der Waals surface area (Å²) in [6.07, 6.45) is 2.85. The van der Waals surface area contributed by atoms with Crippen molar-refractivity contribution in [3.05, 3.63) is 62.2 Å². The zero-order chi connectivity index (χ0) is 19.8. The Balaban J connectivity index is 1.81. The second-order valence-corrected chi connectivity index (χ2v) is 9.20. The van der Waals surface area contributed by atoms with Crippen molar-refractivity contribution >= 4 is 40.4 Å². The van der Waals surface area contributed by atoms with Crippen LogP contribution in [-0.4, -0.2) is 24.7 Å². The van der Waals surface area contributed by atoms with Crippen LogP contribution in [0, 0.1) is 10.5 Å². The minimum atomic E-state index is -0.199. The van der Waals surface area contributed by atoms with Crippen LogP contribution in [0.25, 0.3) is 0 Å². The Labute approximate surface area is 175 Å². The lowest BCUT2D eigenvalue weighted by atomic mass is 9.79. The molecule has 0 saturated heterocycles. The lowest BCUT2D eigenvalue weighted by Gasteiger charge is -2.45. The first-order valence-corrected chi connectivity index (χ1v) is 10.2. The topological polar surface area (TPSA) is 44.7 Å². The molecule has 142 valence electrons. The summed E-state index contributed by atoms with van der Waals surface area (Å²) in [6, 6.07) is 11.9. The van der Waals surface area contributed by atoms with E-state index in [9.17, 15) is 4.79 Å². The van der Waals surface area contributed by atoms with Gasteiger partial charge in [0.15, 0.2) is 0 Å². The molecule has 1 N–H and O–H groups in total. The van der Waals surface area contributed by atoms with Gasteiger partial charge >= 0.3 is 0 Å². The van der Waals surface area contributed by atoms with Gasteiger partial charge in [-0.1, -0.05) is 13.0 Å². The average Bonchev–Trinajstić information content (AvgIpc) is 2.60. The van der Waals surface area contributed by atoms with E-state index in [-0.39, 0.29) is 11.4 Å². The van der Waals surface area contributed by atoms with E-state index in [4.69, 9.17) is 0 Å². The molecule has 3 rings (SSSR count). The third kappa shape index (κ3) is 4.18. The van der Waals surface area contributed by atoms with Gasteiger partial charge in [-0.15, -0.1) is 0 Å². The molecule has 1 atom stereocenters. The summed E-state index contributed by atoms with van der Waals surface area (Å²) < 4.78 is 1.02. The van der Waals surface area contributed by atoms with E-state index in [0.29, 0.717) is 11.5 Å². The number of halogens is 1. The van der Waals surface area contributed by atoms with Crippen molar-refractivity contribution in [1.82, 2.24) is 5.43 Å². The van der Waals surface area contributed by atoms with E-state index in [1.807, 2.05) is 18.2 Å². The van der Waals surface area contributed by atoms with E-state index in [1.54, 1.807) is 12.3 Å². The van der Waals surface area contributed by atoms with Crippen molar-refractivity contribution in [3.8, 4) is 0 Å². The Kier molecular flexibility index (Phi) is 5.60. The summed E-state index contributed by atoms with van der Waals surface area (Å²) in [4.78, 5) is 14.6. The molecule has 0 radical (unpaired) electrons. The van der Waals surface area contributed by atoms with Crippen LogP contribution in [0.15, 0.2) is 41.5 Å². The maximum absolute atomic E-state index is 12.2. The minimum Gasteiger partial charge on any atom is -0.369 e. The number of anilines is 1. The molecule has 0 aromatic heterocycles. The molecule has 0 bridgehead atoms. The number of rotatable bonds is 3. The zero-order valence-electron chi connectivity index (χ0n) is 16.5.